The first-order chi connectivity index (χ1) is 13.4. The average Bonchev–Trinajstić information content (AvgIpc) is 2.69. The molecule has 0 bridgehead atoms. The largest absolute Gasteiger partial charge is 0.493 e. The van der Waals surface area contributed by atoms with Crippen LogP contribution < -0.4 is 20.5 Å². The maximum atomic E-state index is 12.3. The van der Waals surface area contributed by atoms with E-state index in [0.717, 1.165) is 5.56 Å². The van der Waals surface area contributed by atoms with Gasteiger partial charge >= 0.3 is 5.97 Å². The van der Waals surface area contributed by atoms with Crippen LogP contribution in [0.1, 0.15) is 15.9 Å². The van der Waals surface area contributed by atoms with E-state index in [1.165, 1.54) is 19.2 Å². The second-order valence-corrected chi connectivity index (χ2v) is 5.98. The van der Waals surface area contributed by atoms with E-state index in [2.05, 4.69) is 5.32 Å². The quantitative estimate of drug-likeness (QED) is 0.612. The van der Waals surface area contributed by atoms with Crippen molar-refractivity contribution in [2.45, 2.75) is 6.61 Å². The first-order valence-corrected chi connectivity index (χ1v) is 8.55. The molecule has 0 unspecified atom stereocenters. The number of hydrogen-bond donors (Lipinski definition) is 2. The smallest absolute Gasteiger partial charge is 0.325 e. The molecular formula is C19H19ClN2O6. The van der Waals surface area contributed by atoms with Gasteiger partial charge in [-0.2, -0.15) is 0 Å². The summed E-state index contributed by atoms with van der Waals surface area (Å²) in [6, 6.07) is 11.9. The molecule has 8 nitrogen and oxygen atoms in total. The standard InChI is InChI=1S/C19H19ClN2O6/c1-26-15-8-13(7-14(20)18(15)28-11-16(21)23)19(25)22-9-17(24)27-10-12-5-3-2-4-6-12/h2-8H,9-11H2,1H3,(H2,21,23)(H,22,25). The van der Waals surface area contributed by atoms with Gasteiger partial charge in [0.1, 0.15) is 13.2 Å². The van der Waals surface area contributed by atoms with Crippen LogP contribution in [0.2, 0.25) is 5.02 Å². The van der Waals surface area contributed by atoms with E-state index in [0.29, 0.717) is 0 Å². The fourth-order valence-corrected chi connectivity index (χ4v) is 2.44. The molecule has 9 heteroatoms. The highest BCUT2D eigenvalue weighted by atomic mass is 35.5. The van der Waals surface area contributed by atoms with Crippen LogP contribution in [0.15, 0.2) is 42.5 Å². The summed E-state index contributed by atoms with van der Waals surface area (Å²) in [6.07, 6.45) is 0. The third-order valence-corrected chi connectivity index (χ3v) is 3.77. The number of methoxy groups -OCH3 is 1. The highest BCUT2D eigenvalue weighted by molar-refractivity contribution is 6.32. The van der Waals surface area contributed by atoms with Gasteiger partial charge < -0.3 is 25.3 Å². The molecule has 2 rings (SSSR count). The van der Waals surface area contributed by atoms with Crippen LogP contribution in [0.5, 0.6) is 11.5 Å². The van der Waals surface area contributed by atoms with Crippen molar-refractivity contribution < 1.29 is 28.6 Å². The maximum Gasteiger partial charge on any atom is 0.325 e. The molecule has 0 spiro atoms. The second-order valence-electron chi connectivity index (χ2n) is 5.57. The van der Waals surface area contributed by atoms with Crippen molar-refractivity contribution in [2.75, 3.05) is 20.3 Å². The molecule has 0 radical (unpaired) electrons. The highest BCUT2D eigenvalue weighted by Crippen LogP contribution is 2.36. The van der Waals surface area contributed by atoms with Crippen LogP contribution >= 0.6 is 11.6 Å². The Balaban J connectivity index is 1.95. The molecule has 0 atom stereocenters. The first-order valence-electron chi connectivity index (χ1n) is 8.17. The SMILES string of the molecule is COc1cc(C(=O)NCC(=O)OCc2ccccc2)cc(Cl)c1OCC(N)=O. The van der Waals surface area contributed by atoms with Gasteiger partial charge in [0.05, 0.1) is 12.1 Å². The normalized spacial score (nSPS) is 10.1. The van der Waals surface area contributed by atoms with Crippen LogP contribution in [-0.2, 0) is 20.9 Å². The molecule has 3 N–H and O–H groups in total. The molecule has 0 saturated heterocycles. The van der Waals surface area contributed by atoms with Crippen molar-refractivity contribution >= 4 is 29.4 Å². The Morgan fingerprint density at radius 2 is 1.86 bits per heavy atom. The monoisotopic (exact) mass is 406 g/mol. The lowest BCUT2D eigenvalue weighted by Crippen LogP contribution is -2.30. The van der Waals surface area contributed by atoms with Crippen molar-refractivity contribution in [3.05, 3.63) is 58.6 Å². The van der Waals surface area contributed by atoms with Crippen LogP contribution in [0.25, 0.3) is 0 Å². The number of primary amides is 1. The molecule has 0 aliphatic carbocycles. The minimum Gasteiger partial charge on any atom is -0.493 e. The van der Waals surface area contributed by atoms with Crippen molar-refractivity contribution in [1.82, 2.24) is 5.32 Å². The first kappa shape index (κ1) is 21.0. The summed E-state index contributed by atoms with van der Waals surface area (Å²) in [5.74, 6) is -1.60. The summed E-state index contributed by atoms with van der Waals surface area (Å²) in [6.45, 7) is -0.596. The fourth-order valence-electron chi connectivity index (χ4n) is 2.18. The number of halogens is 1. The third-order valence-electron chi connectivity index (χ3n) is 3.49. The molecule has 148 valence electrons. The van der Waals surface area contributed by atoms with Crippen LogP contribution in [0.4, 0.5) is 0 Å². The van der Waals surface area contributed by atoms with Gasteiger partial charge in [-0.15, -0.1) is 0 Å². The Labute approximate surface area is 166 Å². The zero-order chi connectivity index (χ0) is 20.5. The summed E-state index contributed by atoms with van der Waals surface area (Å²) < 4.78 is 15.4. The number of amides is 2. The third kappa shape index (κ3) is 6.17. The lowest BCUT2D eigenvalue weighted by Gasteiger charge is -2.13. The van der Waals surface area contributed by atoms with Crippen LogP contribution in [-0.4, -0.2) is 38.0 Å². The van der Waals surface area contributed by atoms with Gasteiger partial charge in [-0.3, -0.25) is 14.4 Å². The predicted molar refractivity (Wildman–Crippen MR) is 101 cm³/mol. The fraction of sp³-hybridized carbons (Fsp3) is 0.211. The summed E-state index contributed by atoms with van der Waals surface area (Å²) in [5.41, 5.74) is 6.01. The van der Waals surface area contributed by atoms with Gasteiger partial charge in [0.25, 0.3) is 11.8 Å². The number of nitrogens with two attached hydrogens (primary N) is 1. The molecule has 2 aromatic rings. The summed E-state index contributed by atoms with van der Waals surface area (Å²) in [5, 5.41) is 2.49. The van der Waals surface area contributed by atoms with Crippen molar-refractivity contribution in [3.63, 3.8) is 0 Å². The number of carbonyl (C=O) groups is 3. The van der Waals surface area contributed by atoms with Crippen molar-refractivity contribution in [3.8, 4) is 11.5 Å². The van der Waals surface area contributed by atoms with Gasteiger partial charge in [0, 0.05) is 5.56 Å². The molecule has 0 heterocycles. The molecule has 2 aromatic carbocycles. The summed E-state index contributed by atoms with van der Waals surface area (Å²) in [4.78, 5) is 34.9. The molecule has 2 amide bonds. The Morgan fingerprint density at radius 3 is 2.50 bits per heavy atom. The molecule has 0 saturated carbocycles. The van der Waals surface area contributed by atoms with Crippen LogP contribution in [0.3, 0.4) is 0 Å². The second kappa shape index (κ2) is 10.2. The average molecular weight is 407 g/mol. The van der Waals surface area contributed by atoms with Crippen LogP contribution in [0, 0.1) is 0 Å². The molecule has 0 fully saturated rings. The van der Waals surface area contributed by atoms with E-state index >= 15 is 0 Å². The molecule has 28 heavy (non-hydrogen) atoms. The Kier molecular flexibility index (Phi) is 7.65. The number of rotatable bonds is 9. The van der Waals surface area contributed by atoms with Crippen molar-refractivity contribution in [2.24, 2.45) is 5.73 Å². The van der Waals surface area contributed by atoms with E-state index in [1.807, 2.05) is 30.3 Å². The number of hydrogen-bond acceptors (Lipinski definition) is 6. The number of carbonyl (C=O) groups excluding carboxylic acids is 3. The van der Waals surface area contributed by atoms with E-state index in [9.17, 15) is 14.4 Å². The maximum absolute atomic E-state index is 12.3. The van der Waals surface area contributed by atoms with E-state index in [1.54, 1.807) is 0 Å². The lowest BCUT2D eigenvalue weighted by molar-refractivity contribution is -0.143. The summed E-state index contributed by atoms with van der Waals surface area (Å²) >= 11 is 6.09. The zero-order valence-corrected chi connectivity index (χ0v) is 15.8. The van der Waals surface area contributed by atoms with Crippen molar-refractivity contribution in [1.29, 1.82) is 0 Å². The van der Waals surface area contributed by atoms with Gasteiger partial charge in [-0.25, -0.2) is 0 Å². The molecule has 0 aromatic heterocycles. The summed E-state index contributed by atoms with van der Waals surface area (Å²) in [7, 11) is 1.35. The van der Waals surface area contributed by atoms with E-state index < -0.39 is 24.4 Å². The van der Waals surface area contributed by atoms with Gasteiger partial charge in [-0.1, -0.05) is 41.9 Å². The minimum atomic E-state index is -0.686. The Bertz CT molecular complexity index is 857. The topological polar surface area (TPSA) is 117 Å². The molecule has 0 aliphatic rings. The van der Waals surface area contributed by atoms with E-state index in [4.69, 9.17) is 31.5 Å². The van der Waals surface area contributed by atoms with E-state index in [-0.39, 0.29) is 35.2 Å². The predicted octanol–water partition coefficient (Wildman–Crippen LogP) is 1.69. The van der Waals surface area contributed by atoms with Gasteiger partial charge in [0.2, 0.25) is 0 Å². The van der Waals surface area contributed by atoms with Gasteiger partial charge in [-0.05, 0) is 17.7 Å². The molecule has 0 aliphatic heterocycles. The number of ether oxygens (including phenoxy) is 3. The number of benzene rings is 2. The lowest BCUT2D eigenvalue weighted by atomic mass is 10.2. The zero-order valence-electron chi connectivity index (χ0n) is 15.1. The molecular weight excluding hydrogens is 388 g/mol. The number of nitrogens with one attached hydrogen (secondary N) is 1. The number of esters is 1. The van der Waals surface area contributed by atoms with Gasteiger partial charge in [0.15, 0.2) is 18.1 Å². The Hall–Kier alpha value is -3.26. The minimum absolute atomic E-state index is 0.0532. The highest BCUT2D eigenvalue weighted by Gasteiger charge is 2.17. The Morgan fingerprint density at radius 1 is 1.14 bits per heavy atom.